The third kappa shape index (κ3) is 1.40. The van der Waals surface area contributed by atoms with Gasteiger partial charge in [0.2, 0.25) is 0 Å². The van der Waals surface area contributed by atoms with E-state index in [4.69, 9.17) is 0 Å². The van der Waals surface area contributed by atoms with Crippen molar-refractivity contribution >= 4 is 21.6 Å². The summed E-state index contributed by atoms with van der Waals surface area (Å²) >= 11 is 3.40. The summed E-state index contributed by atoms with van der Waals surface area (Å²) in [5.41, 5.74) is 2.12. The summed E-state index contributed by atoms with van der Waals surface area (Å²) < 4.78 is 1.07. The van der Waals surface area contributed by atoms with Crippen LogP contribution >= 0.6 is 15.9 Å². The van der Waals surface area contributed by atoms with Gasteiger partial charge in [-0.05, 0) is 18.6 Å². The molecule has 1 heterocycles. The van der Waals surface area contributed by atoms with E-state index in [2.05, 4.69) is 15.9 Å². The van der Waals surface area contributed by atoms with E-state index in [9.17, 15) is 5.21 Å². The highest BCUT2D eigenvalue weighted by Gasteiger charge is 2.15. The van der Waals surface area contributed by atoms with Crippen LogP contribution in [0.3, 0.4) is 0 Å². The number of aryl methyl sites for hydroxylation is 1. The van der Waals surface area contributed by atoms with Gasteiger partial charge in [-0.3, -0.25) is 0 Å². The first-order chi connectivity index (χ1) is 5.77. The van der Waals surface area contributed by atoms with Gasteiger partial charge in [0.25, 0.3) is 0 Å². The number of benzene rings is 1. The Hall–Kier alpha value is -0.380. The molecule has 1 aromatic rings. The van der Waals surface area contributed by atoms with E-state index in [1.807, 2.05) is 18.2 Å². The van der Waals surface area contributed by atoms with Crippen LogP contribution in [0.15, 0.2) is 22.7 Å². The summed E-state index contributed by atoms with van der Waals surface area (Å²) in [5.74, 6) is 0. The summed E-state index contributed by atoms with van der Waals surface area (Å²) in [6.07, 6.45) is 2.04. The second kappa shape index (κ2) is 3.17. The molecular formula is C9H10BrNO. The van der Waals surface area contributed by atoms with E-state index in [0.29, 0.717) is 11.6 Å². The Morgan fingerprint density at radius 3 is 3.08 bits per heavy atom. The molecule has 2 rings (SSSR count). The van der Waals surface area contributed by atoms with Crippen molar-refractivity contribution in [1.82, 2.24) is 0 Å². The van der Waals surface area contributed by atoms with E-state index in [0.717, 1.165) is 23.0 Å². The second-order valence-corrected chi connectivity index (χ2v) is 3.99. The average Bonchev–Trinajstić information content (AvgIpc) is 2.04. The predicted molar refractivity (Wildman–Crippen MR) is 51.3 cm³/mol. The Labute approximate surface area is 79.9 Å². The molecule has 3 heteroatoms. The summed E-state index contributed by atoms with van der Waals surface area (Å²) in [4.78, 5) is 0. The smallest absolute Gasteiger partial charge is 0.134 e. The molecule has 0 saturated heterocycles. The first kappa shape index (κ1) is 8.23. The van der Waals surface area contributed by atoms with Gasteiger partial charge < -0.3 is 10.3 Å². The van der Waals surface area contributed by atoms with Crippen molar-refractivity contribution in [3.8, 4) is 0 Å². The molecule has 1 aliphatic heterocycles. The molecule has 1 aliphatic rings. The minimum Gasteiger partial charge on any atom is -0.629 e. The van der Waals surface area contributed by atoms with Gasteiger partial charge >= 0.3 is 0 Å². The van der Waals surface area contributed by atoms with Crippen LogP contribution in [0.5, 0.6) is 0 Å². The van der Waals surface area contributed by atoms with Gasteiger partial charge in [0.1, 0.15) is 5.69 Å². The van der Waals surface area contributed by atoms with Crippen molar-refractivity contribution in [2.24, 2.45) is 0 Å². The second-order valence-electron chi connectivity index (χ2n) is 3.08. The van der Waals surface area contributed by atoms with Crippen LogP contribution in [-0.2, 0) is 6.42 Å². The first-order valence-electron chi connectivity index (χ1n) is 4.09. The lowest BCUT2D eigenvalue weighted by atomic mass is 10.0. The van der Waals surface area contributed by atoms with Crippen molar-refractivity contribution in [1.29, 1.82) is 0 Å². The molecule has 0 bridgehead atoms. The van der Waals surface area contributed by atoms with Crippen molar-refractivity contribution in [3.63, 3.8) is 0 Å². The molecule has 1 aromatic carbocycles. The zero-order valence-corrected chi connectivity index (χ0v) is 8.23. The zero-order valence-electron chi connectivity index (χ0n) is 6.64. The number of hydrogen-bond donors (Lipinski definition) is 1. The number of halogens is 1. The predicted octanol–water partition coefficient (Wildman–Crippen LogP) is 1.41. The fourth-order valence-electron chi connectivity index (χ4n) is 1.62. The maximum absolute atomic E-state index is 11.4. The van der Waals surface area contributed by atoms with Gasteiger partial charge in [-0.2, -0.15) is 0 Å². The van der Waals surface area contributed by atoms with Crippen LogP contribution in [-0.4, -0.2) is 6.54 Å². The van der Waals surface area contributed by atoms with Gasteiger partial charge in [-0.15, -0.1) is 0 Å². The maximum Gasteiger partial charge on any atom is 0.134 e. The van der Waals surface area contributed by atoms with Crippen LogP contribution in [0.2, 0.25) is 0 Å². The third-order valence-corrected chi connectivity index (χ3v) is 2.71. The van der Waals surface area contributed by atoms with Crippen molar-refractivity contribution < 1.29 is 5.06 Å². The SMILES string of the molecule is [O-][NH+]1CCCc2cc(Br)ccc21. The van der Waals surface area contributed by atoms with Gasteiger partial charge in [0, 0.05) is 22.5 Å². The van der Waals surface area contributed by atoms with E-state index in [-0.39, 0.29) is 0 Å². The maximum atomic E-state index is 11.4. The van der Waals surface area contributed by atoms with Crippen molar-refractivity contribution in [3.05, 3.63) is 33.4 Å². The van der Waals surface area contributed by atoms with Gasteiger partial charge in [0.15, 0.2) is 0 Å². The number of hydroxylamine groups is 1. The summed E-state index contributed by atoms with van der Waals surface area (Å²) in [5, 5.41) is 11.7. The van der Waals surface area contributed by atoms with Crippen LogP contribution in [0.1, 0.15) is 12.0 Å². The van der Waals surface area contributed by atoms with Gasteiger partial charge in [0.05, 0.1) is 6.54 Å². The molecule has 1 atom stereocenters. The number of rotatable bonds is 0. The van der Waals surface area contributed by atoms with Crippen LogP contribution in [0.4, 0.5) is 5.69 Å². The Morgan fingerprint density at radius 1 is 1.42 bits per heavy atom. The van der Waals surface area contributed by atoms with Gasteiger partial charge in [-0.1, -0.05) is 15.9 Å². The lowest BCUT2D eigenvalue weighted by Gasteiger charge is -2.28. The quantitative estimate of drug-likeness (QED) is 0.668. The zero-order chi connectivity index (χ0) is 8.55. The Morgan fingerprint density at radius 2 is 2.25 bits per heavy atom. The Balaban J connectivity index is 2.46. The molecule has 0 fully saturated rings. The largest absolute Gasteiger partial charge is 0.629 e. The van der Waals surface area contributed by atoms with Gasteiger partial charge in [-0.25, -0.2) is 0 Å². The summed E-state index contributed by atoms with van der Waals surface area (Å²) in [6, 6.07) is 5.90. The lowest BCUT2D eigenvalue weighted by molar-refractivity contribution is -0.779. The minimum absolute atomic E-state index is 0.295. The first-order valence-corrected chi connectivity index (χ1v) is 4.88. The molecule has 1 N–H and O–H groups in total. The van der Waals surface area contributed by atoms with Crippen LogP contribution in [0, 0.1) is 5.21 Å². The molecule has 12 heavy (non-hydrogen) atoms. The fraction of sp³-hybridized carbons (Fsp3) is 0.333. The number of quaternary nitrogens is 1. The minimum atomic E-state index is 0.295. The molecule has 0 radical (unpaired) electrons. The Kier molecular flexibility index (Phi) is 2.17. The Bertz CT molecular complexity index is 301. The molecule has 64 valence electrons. The monoisotopic (exact) mass is 227 g/mol. The molecule has 1 unspecified atom stereocenters. The fourth-order valence-corrected chi connectivity index (χ4v) is 2.02. The number of nitrogens with one attached hydrogen (secondary N) is 1. The molecule has 0 amide bonds. The van der Waals surface area contributed by atoms with E-state index in [1.54, 1.807) is 0 Å². The molecule has 0 saturated carbocycles. The molecule has 0 aliphatic carbocycles. The topological polar surface area (TPSA) is 27.5 Å². The molecule has 0 aromatic heterocycles. The molecule has 0 spiro atoms. The molecule has 2 nitrogen and oxygen atoms in total. The highest BCUT2D eigenvalue weighted by Crippen LogP contribution is 2.21. The highest BCUT2D eigenvalue weighted by atomic mass is 79.9. The lowest BCUT2D eigenvalue weighted by Crippen LogP contribution is -3.03. The summed E-state index contributed by atoms with van der Waals surface area (Å²) in [7, 11) is 0. The average molecular weight is 228 g/mol. The number of fused-ring (bicyclic) bond motifs is 1. The normalized spacial score (nSPS) is 22.0. The van der Waals surface area contributed by atoms with Crippen molar-refractivity contribution in [2.75, 3.05) is 6.54 Å². The van der Waals surface area contributed by atoms with E-state index >= 15 is 0 Å². The standard InChI is InChI=1S/C9H10BrNO/c10-8-3-4-9-7(6-8)2-1-5-11(9)12/h3-4,6,11H,1-2,5H2. The number of hydrogen-bond acceptors (Lipinski definition) is 1. The summed E-state index contributed by atoms with van der Waals surface area (Å²) in [6.45, 7) is 0.717. The third-order valence-electron chi connectivity index (χ3n) is 2.22. The molecular weight excluding hydrogens is 218 g/mol. The van der Waals surface area contributed by atoms with Crippen molar-refractivity contribution in [2.45, 2.75) is 12.8 Å². The highest BCUT2D eigenvalue weighted by molar-refractivity contribution is 9.10. The van der Waals surface area contributed by atoms with Crippen LogP contribution < -0.4 is 5.06 Å². The van der Waals surface area contributed by atoms with Crippen LogP contribution in [0.25, 0.3) is 0 Å². The van der Waals surface area contributed by atoms with E-state index in [1.165, 1.54) is 5.56 Å². The van der Waals surface area contributed by atoms with E-state index < -0.39 is 0 Å².